The molecule has 0 heterocycles. The molecule has 0 N–H and O–H groups in total. The van der Waals surface area contributed by atoms with E-state index in [0.29, 0.717) is 5.03 Å². The Labute approximate surface area is 94.2 Å². The summed E-state index contributed by atoms with van der Waals surface area (Å²) in [6.07, 6.45) is 1.32. The molecule has 0 fully saturated rings. The molecular formula is C10H15ClO4. The van der Waals surface area contributed by atoms with E-state index in [1.165, 1.54) is 6.08 Å². The highest BCUT2D eigenvalue weighted by Gasteiger charge is 2.27. The van der Waals surface area contributed by atoms with Crippen LogP contribution in [-0.4, -0.2) is 25.2 Å². The zero-order valence-corrected chi connectivity index (χ0v) is 9.84. The number of ether oxygens (including phenoxy) is 2. The predicted octanol–water partition coefficient (Wildman–Crippen LogP) is 1.87. The van der Waals surface area contributed by atoms with E-state index in [1.54, 1.807) is 20.8 Å². The lowest BCUT2D eigenvalue weighted by molar-refractivity contribution is -0.158. The minimum atomic E-state index is -1.07. The van der Waals surface area contributed by atoms with Crippen molar-refractivity contribution in [2.75, 3.05) is 13.2 Å². The predicted molar refractivity (Wildman–Crippen MR) is 56.4 cm³/mol. The molecule has 15 heavy (non-hydrogen) atoms. The minimum Gasteiger partial charge on any atom is -0.465 e. The number of rotatable bonds is 5. The third-order valence-electron chi connectivity index (χ3n) is 1.48. The number of carbonyl (C=O) groups is 2. The Morgan fingerprint density at radius 1 is 1.20 bits per heavy atom. The second-order valence-electron chi connectivity index (χ2n) is 2.74. The maximum Gasteiger partial charge on any atom is 0.324 e. The molecule has 0 radical (unpaired) electrons. The summed E-state index contributed by atoms with van der Waals surface area (Å²) in [5.74, 6) is -2.35. The Balaban J connectivity index is 4.65. The molecule has 0 aliphatic rings. The van der Waals surface area contributed by atoms with Gasteiger partial charge in [-0.1, -0.05) is 11.6 Å². The first-order chi connectivity index (χ1) is 7.02. The molecule has 5 heteroatoms. The van der Waals surface area contributed by atoms with Crippen molar-refractivity contribution in [3.63, 3.8) is 0 Å². The smallest absolute Gasteiger partial charge is 0.324 e. The van der Waals surface area contributed by atoms with Gasteiger partial charge >= 0.3 is 11.9 Å². The standard InChI is InChI=1S/C10H15ClO4/c1-4-14-9(12)8(6-7(3)11)10(13)15-5-2/h6,8H,4-5H2,1-3H3. The molecule has 0 unspecified atom stereocenters. The lowest BCUT2D eigenvalue weighted by Crippen LogP contribution is -2.26. The summed E-state index contributed by atoms with van der Waals surface area (Å²) in [7, 11) is 0. The van der Waals surface area contributed by atoms with Gasteiger partial charge in [0.15, 0.2) is 5.92 Å². The van der Waals surface area contributed by atoms with Crippen LogP contribution in [0.5, 0.6) is 0 Å². The van der Waals surface area contributed by atoms with Gasteiger partial charge in [0.1, 0.15) is 0 Å². The molecule has 0 aromatic carbocycles. The van der Waals surface area contributed by atoms with Crippen LogP contribution < -0.4 is 0 Å². The number of allylic oxidation sites excluding steroid dienone is 1. The van der Waals surface area contributed by atoms with Gasteiger partial charge in [-0.05, 0) is 26.8 Å². The molecule has 4 nitrogen and oxygen atoms in total. The van der Waals surface area contributed by atoms with Gasteiger partial charge in [0, 0.05) is 5.03 Å². The molecule has 0 aliphatic heterocycles. The Kier molecular flexibility index (Phi) is 6.79. The number of halogens is 1. The van der Waals surface area contributed by atoms with Crippen LogP contribution in [0.25, 0.3) is 0 Å². The molecule has 0 saturated heterocycles. The molecule has 0 saturated carbocycles. The molecule has 0 rings (SSSR count). The van der Waals surface area contributed by atoms with Crippen LogP contribution in [0.4, 0.5) is 0 Å². The molecule has 0 aromatic heterocycles. The van der Waals surface area contributed by atoms with Crippen molar-refractivity contribution in [2.24, 2.45) is 5.92 Å². The maximum atomic E-state index is 11.4. The highest BCUT2D eigenvalue weighted by molar-refractivity contribution is 6.29. The van der Waals surface area contributed by atoms with Gasteiger partial charge in [-0.3, -0.25) is 9.59 Å². The molecule has 0 bridgehead atoms. The summed E-state index contributed by atoms with van der Waals surface area (Å²) >= 11 is 5.61. The van der Waals surface area contributed by atoms with Crippen LogP contribution in [0.2, 0.25) is 0 Å². The first-order valence-corrected chi connectivity index (χ1v) is 5.07. The number of esters is 2. The number of carbonyl (C=O) groups excluding carboxylic acids is 2. The molecule has 86 valence electrons. The summed E-state index contributed by atoms with van der Waals surface area (Å²) in [6.45, 7) is 5.33. The van der Waals surface area contributed by atoms with Gasteiger partial charge < -0.3 is 9.47 Å². The first-order valence-electron chi connectivity index (χ1n) is 4.70. The van der Waals surface area contributed by atoms with Gasteiger partial charge in [0.25, 0.3) is 0 Å². The van der Waals surface area contributed by atoms with Crippen LogP contribution in [0.1, 0.15) is 20.8 Å². The van der Waals surface area contributed by atoms with Crippen LogP contribution in [-0.2, 0) is 19.1 Å². The molecule has 0 aromatic rings. The van der Waals surface area contributed by atoms with E-state index < -0.39 is 17.9 Å². The third-order valence-corrected chi connectivity index (χ3v) is 1.60. The van der Waals surface area contributed by atoms with E-state index in [2.05, 4.69) is 0 Å². The van der Waals surface area contributed by atoms with Crippen LogP contribution in [0.3, 0.4) is 0 Å². The highest BCUT2D eigenvalue weighted by atomic mass is 35.5. The van der Waals surface area contributed by atoms with Crippen LogP contribution in [0, 0.1) is 5.92 Å². The maximum absolute atomic E-state index is 11.4. The van der Waals surface area contributed by atoms with E-state index in [4.69, 9.17) is 21.1 Å². The van der Waals surface area contributed by atoms with Crippen LogP contribution in [0.15, 0.2) is 11.1 Å². The Hall–Kier alpha value is -1.03. The lowest BCUT2D eigenvalue weighted by atomic mass is 10.1. The van der Waals surface area contributed by atoms with Crippen molar-refractivity contribution in [1.29, 1.82) is 0 Å². The van der Waals surface area contributed by atoms with Crippen molar-refractivity contribution in [3.05, 3.63) is 11.1 Å². The summed E-state index contributed by atoms with van der Waals surface area (Å²) in [5, 5.41) is 0.348. The summed E-state index contributed by atoms with van der Waals surface area (Å²) in [5.41, 5.74) is 0. The van der Waals surface area contributed by atoms with E-state index >= 15 is 0 Å². The SMILES string of the molecule is CCOC(=O)C(C=C(C)Cl)C(=O)OCC. The fourth-order valence-electron chi connectivity index (χ4n) is 0.926. The van der Waals surface area contributed by atoms with E-state index in [-0.39, 0.29) is 13.2 Å². The average molecular weight is 235 g/mol. The summed E-state index contributed by atoms with van der Waals surface area (Å²) in [4.78, 5) is 22.7. The zero-order valence-electron chi connectivity index (χ0n) is 9.08. The van der Waals surface area contributed by atoms with Crippen molar-refractivity contribution >= 4 is 23.5 Å². The van der Waals surface area contributed by atoms with Crippen molar-refractivity contribution in [1.82, 2.24) is 0 Å². The highest BCUT2D eigenvalue weighted by Crippen LogP contribution is 2.11. The largest absolute Gasteiger partial charge is 0.465 e. The minimum absolute atomic E-state index is 0.212. The Morgan fingerprint density at radius 3 is 1.87 bits per heavy atom. The molecule has 0 spiro atoms. The molecule has 0 atom stereocenters. The fraction of sp³-hybridized carbons (Fsp3) is 0.600. The summed E-state index contributed by atoms with van der Waals surface area (Å²) in [6, 6.07) is 0. The lowest BCUT2D eigenvalue weighted by Gasteiger charge is -2.10. The third kappa shape index (κ3) is 5.42. The van der Waals surface area contributed by atoms with E-state index in [1.807, 2.05) is 0 Å². The average Bonchev–Trinajstić information content (AvgIpc) is 2.14. The second kappa shape index (κ2) is 7.29. The van der Waals surface area contributed by atoms with Gasteiger partial charge in [-0.2, -0.15) is 0 Å². The molecule has 0 aliphatic carbocycles. The second-order valence-corrected chi connectivity index (χ2v) is 3.33. The zero-order chi connectivity index (χ0) is 11.8. The first kappa shape index (κ1) is 14.0. The quantitative estimate of drug-likeness (QED) is 0.538. The van der Waals surface area contributed by atoms with Gasteiger partial charge in [0.2, 0.25) is 0 Å². The molecular weight excluding hydrogens is 220 g/mol. The van der Waals surface area contributed by atoms with E-state index in [9.17, 15) is 9.59 Å². The van der Waals surface area contributed by atoms with Gasteiger partial charge in [-0.15, -0.1) is 0 Å². The van der Waals surface area contributed by atoms with Crippen molar-refractivity contribution in [2.45, 2.75) is 20.8 Å². The van der Waals surface area contributed by atoms with Crippen molar-refractivity contribution in [3.8, 4) is 0 Å². The van der Waals surface area contributed by atoms with Crippen molar-refractivity contribution < 1.29 is 19.1 Å². The topological polar surface area (TPSA) is 52.6 Å². The van der Waals surface area contributed by atoms with E-state index in [0.717, 1.165) is 0 Å². The van der Waals surface area contributed by atoms with Crippen LogP contribution >= 0.6 is 11.6 Å². The van der Waals surface area contributed by atoms with Gasteiger partial charge in [-0.25, -0.2) is 0 Å². The summed E-state index contributed by atoms with van der Waals surface area (Å²) < 4.78 is 9.46. The normalized spacial score (nSPS) is 11.4. The monoisotopic (exact) mass is 234 g/mol. The Bertz CT molecular complexity index is 238. The molecule has 0 amide bonds. The Morgan fingerprint density at radius 2 is 1.60 bits per heavy atom. The number of hydrogen-bond acceptors (Lipinski definition) is 4. The fourth-order valence-corrected chi connectivity index (χ4v) is 1.05. The van der Waals surface area contributed by atoms with Gasteiger partial charge in [0.05, 0.1) is 13.2 Å². The number of hydrogen-bond donors (Lipinski definition) is 0.